The molecule has 8 heteroatoms. The van der Waals surface area contributed by atoms with Gasteiger partial charge in [0.15, 0.2) is 11.6 Å². The molecule has 0 bridgehead atoms. The second-order valence-corrected chi connectivity index (χ2v) is 7.90. The van der Waals surface area contributed by atoms with E-state index in [0.717, 1.165) is 42.1 Å². The molecule has 1 atom stereocenters. The van der Waals surface area contributed by atoms with Gasteiger partial charge in [-0.15, -0.1) is 0 Å². The smallest absolute Gasteiger partial charge is 0.251 e. The molecule has 1 N–H and O–H groups in total. The van der Waals surface area contributed by atoms with Crippen LogP contribution in [0.5, 0.6) is 0 Å². The summed E-state index contributed by atoms with van der Waals surface area (Å²) < 4.78 is 26.6. The highest BCUT2D eigenvalue weighted by Crippen LogP contribution is 2.24. The number of hydrogen-bond donors (Lipinski definition) is 1. The number of rotatable bonds is 6. The zero-order chi connectivity index (χ0) is 22.0. The Labute approximate surface area is 179 Å². The van der Waals surface area contributed by atoms with E-state index < -0.39 is 11.6 Å². The van der Waals surface area contributed by atoms with Crippen LogP contribution in [0.3, 0.4) is 0 Å². The molecule has 1 unspecified atom stereocenters. The van der Waals surface area contributed by atoms with Crippen LogP contribution < -0.4 is 10.5 Å². The highest BCUT2D eigenvalue weighted by Gasteiger charge is 2.26. The summed E-state index contributed by atoms with van der Waals surface area (Å²) in [5, 5.41) is 0. The van der Waals surface area contributed by atoms with Gasteiger partial charge in [-0.1, -0.05) is 13.0 Å². The molecule has 0 aliphatic carbocycles. The lowest BCUT2D eigenvalue weighted by Gasteiger charge is -2.25. The van der Waals surface area contributed by atoms with Crippen molar-refractivity contribution < 1.29 is 8.78 Å². The third-order valence-corrected chi connectivity index (χ3v) is 5.70. The Balaban J connectivity index is 1.41. The number of aromatic amines is 1. The predicted octanol–water partition coefficient (Wildman–Crippen LogP) is 3.38. The lowest BCUT2D eigenvalue weighted by atomic mass is 10.1. The lowest BCUT2D eigenvalue weighted by Crippen LogP contribution is -2.34. The van der Waals surface area contributed by atoms with Crippen LogP contribution in [-0.4, -0.2) is 46.0 Å². The number of nitrogens with one attached hydrogen (secondary N) is 1. The fourth-order valence-corrected chi connectivity index (χ4v) is 3.90. The molecule has 0 spiro atoms. The van der Waals surface area contributed by atoms with Gasteiger partial charge in [-0.05, 0) is 49.7 Å². The van der Waals surface area contributed by atoms with Crippen LogP contribution in [0.2, 0.25) is 0 Å². The summed E-state index contributed by atoms with van der Waals surface area (Å²) in [7, 11) is 1.99. The SMILES string of the molecule is CCc1cc(=O)[nH]c(-c2ccc(N3CCC(N(C)Cc4ccc(F)c(F)c4)C3)nc2)n1. The molecule has 1 saturated heterocycles. The fourth-order valence-electron chi connectivity index (χ4n) is 3.90. The van der Waals surface area contributed by atoms with Crippen molar-refractivity contribution in [2.75, 3.05) is 25.0 Å². The van der Waals surface area contributed by atoms with E-state index in [4.69, 9.17) is 0 Å². The highest BCUT2D eigenvalue weighted by atomic mass is 19.2. The number of aromatic nitrogens is 3. The molecule has 0 amide bonds. The Morgan fingerprint density at radius 2 is 2.03 bits per heavy atom. The van der Waals surface area contributed by atoms with Gasteiger partial charge in [0.05, 0.1) is 0 Å². The largest absolute Gasteiger partial charge is 0.355 e. The van der Waals surface area contributed by atoms with Gasteiger partial charge in [0.25, 0.3) is 5.56 Å². The van der Waals surface area contributed by atoms with E-state index in [0.29, 0.717) is 18.8 Å². The van der Waals surface area contributed by atoms with Crippen molar-refractivity contribution in [1.82, 2.24) is 19.9 Å². The average Bonchev–Trinajstić information content (AvgIpc) is 3.26. The number of anilines is 1. The van der Waals surface area contributed by atoms with E-state index in [-0.39, 0.29) is 11.6 Å². The molecule has 0 saturated carbocycles. The maximum atomic E-state index is 13.5. The molecule has 162 valence electrons. The number of H-pyrrole nitrogens is 1. The number of nitrogens with zero attached hydrogens (tertiary/aromatic N) is 4. The van der Waals surface area contributed by atoms with Gasteiger partial charge >= 0.3 is 0 Å². The van der Waals surface area contributed by atoms with Crippen LogP contribution in [-0.2, 0) is 13.0 Å². The zero-order valence-corrected chi connectivity index (χ0v) is 17.6. The number of pyridine rings is 1. The van der Waals surface area contributed by atoms with Crippen LogP contribution >= 0.6 is 0 Å². The van der Waals surface area contributed by atoms with Gasteiger partial charge in [-0.3, -0.25) is 9.69 Å². The summed E-state index contributed by atoms with van der Waals surface area (Å²) in [6.45, 7) is 4.17. The number of benzene rings is 1. The minimum absolute atomic E-state index is 0.169. The van der Waals surface area contributed by atoms with E-state index in [1.54, 1.807) is 12.3 Å². The zero-order valence-electron chi connectivity index (χ0n) is 17.6. The van der Waals surface area contributed by atoms with Crippen molar-refractivity contribution >= 4 is 5.82 Å². The van der Waals surface area contributed by atoms with E-state index in [1.807, 2.05) is 26.1 Å². The van der Waals surface area contributed by atoms with Crippen LogP contribution in [0.4, 0.5) is 14.6 Å². The molecule has 31 heavy (non-hydrogen) atoms. The summed E-state index contributed by atoms with van der Waals surface area (Å²) >= 11 is 0. The van der Waals surface area contributed by atoms with Gasteiger partial charge in [0, 0.05) is 49.2 Å². The second-order valence-electron chi connectivity index (χ2n) is 7.90. The topological polar surface area (TPSA) is 65.1 Å². The first-order chi connectivity index (χ1) is 14.9. The van der Waals surface area contributed by atoms with Gasteiger partial charge in [-0.2, -0.15) is 0 Å². The predicted molar refractivity (Wildman–Crippen MR) is 116 cm³/mol. The summed E-state index contributed by atoms with van der Waals surface area (Å²) in [6.07, 6.45) is 3.37. The van der Waals surface area contributed by atoms with Gasteiger partial charge in [0.1, 0.15) is 11.6 Å². The quantitative estimate of drug-likeness (QED) is 0.656. The molecule has 1 aliphatic heterocycles. The molecule has 1 fully saturated rings. The van der Waals surface area contributed by atoms with Crippen molar-refractivity contribution in [3.05, 3.63) is 75.8 Å². The molecule has 3 heterocycles. The first kappa shape index (κ1) is 21.1. The second kappa shape index (κ2) is 8.93. The molecule has 1 aromatic carbocycles. The molecule has 4 rings (SSSR count). The van der Waals surface area contributed by atoms with Crippen molar-refractivity contribution in [3.63, 3.8) is 0 Å². The standard InChI is InChI=1S/C23H25F2N5O/c1-3-17-11-22(31)28-23(27-17)16-5-7-21(26-12-16)30-9-8-18(14-30)29(2)13-15-4-6-19(24)20(25)10-15/h4-7,10-12,18H,3,8-9,13-14H2,1-2H3,(H,27,28,31). The third kappa shape index (κ3) is 4.80. The Bertz CT molecular complexity index is 1120. The van der Waals surface area contributed by atoms with Crippen LogP contribution in [0.15, 0.2) is 47.4 Å². The minimum Gasteiger partial charge on any atom is -0.355 e. The number of halogens is 2. The van der Waals surface area contributed by atoms with Gasteiger partial charge < -0.3 is 9.88 Å². The molecule has 2 aromatic heterocycles. The van der Waals surface area contributed by atoms with E-state index >= 15 is 0 Å². The summed E-state index contributed by atoms with van der Waals surface area (Å²) in [6, 6.07) is 9.69. The minimum atomic E-state index is -0.825. The van der Waals surface area contributed by atoms with Crippen molar-refractivity contribution in [3.8, 4) is 11.4 Å². The Morgan fingerprint density at radius 3 is 2.74 bits per heavy atom. The van der Waals surface area contributed by atoms with Crippen LogP contribution in [0.25, 0.3) is 11.4 Å². The average molecular weight is 425 g/mol. The molecule has 6 nitrogen and oxygen atoms in total. The van der Waals surface area contributed by atoms with Gasteiger partial charge in [0.2, 0.25) is 0 Å². The van der Waals surface area contributed by atoms with Crippen LogP contribution in [0.1, 0.15) is 24.6 Å². The monoisotopic (exact) mass is 425 g/mol. The van der Waals surface area contributed by atoms with Crippen molar-refractivity contribution in [1.29, 1.82) is 0 Å². The van der Waals surface area contributed by atoms with Crippen LogP contribution in [0, 0.1) is 11.6 Å². The Kier molecular flexibility index (Phi) is 6.08. The first-order valence-electron chi connectivity index (χ1n) is 10.4. The van der Waals surface area contributed by atoms with Gasteiger partial charge in [-0.25, -0.2) is 18.7 Å². The molecule has 1 aliphatic rings. The highest BCUT2D eigenvalue weighted by molar-refractivity contribution is 5.56. The number of likely N-dealkylation sites (N-methyl/N-ethyl adjacent to an activating group) is 1. The van der Waals surface area contributed by atoms with Crippen molar-refractivity contribution in [2.24, 2.45) is 0 Å². The molecular weight excluding hydrogens is 400 g/mol. The number of hydrogen-bond acceptors (Lipinski definition) is 5. The fraction of sp³-hybridized carbons (Fsp3) is 0.348. The Hall–Kier alpha value is -3.13. The van der Waals surface area contributed by atoms with E-state index in [1.165, 1.54) is 18.2 Å². The summed E-state index contributed by atoms with van der Waals surface area (Å²) in [4.78, 5) is 28.0. The van der Waals surface area contributed by atoms with E-state index in [9.17, 15) is 13.6 Å². The molecule has 0 radical (unpaired) electrons. The number of aryl methyl sites for hydroxylation is 1. The lowest BCUT2D eigenvalue weighted by molar-refractivity contribution is 0.250. The van der Waals surface area contributed by atoms with E-state index in [2.05, 4.69) is 24.8 Å². The molecular formula is C23H25F2N5O. The summed E-state index contributed by atoms with van der Waals surface area (Å²) in [5.41, 5.74) is 2.09. The normalized spacial score (nSPS) is 16.3. The Morgan fingerprint density at radius 1 is 1.19 bits per heavy atom. The maximum Gasteiger partial charge on any atom is 0.251 e. The first-order valence-corrected chi connectivity index (χ1v) is 10.4. The maximum absolute atomic E-state index is 13.5. The van der Waals surface area contributed by atoms with Crippen molar-refractivity contribution in [2.45, 2.75) is 32.4 Å². The summed E-state index contributed by atoms with van der Waals surface area (Å²) in [5.74, 6) is -0.257. The molecule has 3 aromatic rings. The third-order valence-electron chi connectivity index (χ3n) is 5.70.